The molecule has 0 aliphatic carbocycles. The van der Waals surface area contributed by atoms with E-state index in [9.17, 15) is 4.79 Å². The summed E-state index contributed by atoms with van der Waals surface area (Å²) in [5.41, 5.74) is 7.52. The Bertz CT molecular complexity index is 427. The van der Waals surface area contributed by atoms with Crippen LogP contribution in [0.5, 0.6) is 0 Å². The molecular weight excluding hydrogens is 240 g/mol. The molecule has 104 valence electrons. The maximum Gasteiger partial charge on any atom is 0.220 e. The smallest absolute Gasteiger partial charge is 0.220 e. The number of likely N-dealkylation sites (tertiary alicyclic amines) is 1. The number of carbonyl (C=O) groups is 1. The van der Waals surface area contributed by atoms with Crippen LogP contribution in [0.1, 0.15) is 25.5 Å². The topological polar surface area (TPSA) is 71.2 Å². The Morgan fingerprint density at radius 3 is 2.89 bits per heavy atom. The van der Waals surface area contributed by atoms with Crippen LogP contribution in [0.2, 0.25) is 0 Å². The van der Waals surface area contributed by atoms with E-state index in [4.69, 9.17) is 5.73 Å². The molecule has 0 unspecified atom stereocenters. The minimum Gasteiger partial charge on any atom is -0.385 e. The first-order valence-electron chi connectivity index (χ1n) is 6.89. The normalized spacial score (nSPS) is 17.3. The van der Waals surface area contributed by atoms with Gasteiger partial charge in [0.2, 0.25) is 5.91 Å². The molecule has 1 aromatic rings. The molecule has 0 saturated carbocycles. The predicted molar refractivity (Wildman–Crippen MR) is 75.6 cm³/mol. The number of carbonyl (C=O) groups excluding carboxylic acids is 1. The second kappa shape index (κ2) is 6.52. The number of primary amides is 1. The number of rotatable bonds is 5. The molecule has 1 aliphatic rings. The summed E-state index contributed by atoms with van der Waals surface area (Å²) in [6.07, 6.45) is 3.56. The highest BCUT2D eigenvalue weighted by Gasteiger charge is 2.23. The fourth-order valence-electron chi connectivity index (χ4n) is 2.48. The van der Waals surface area contributed by atoms with Crippen LogP contribution in [0.4, 0.5) is 5.69 Å². The highest BCUT2D eigenvalue weighted by Crippen LogP contribution is 2.18. The van der Waals surface area contributed by atoms with Crippen molar-refractivity contribution in [2.75, 3.05) is 25.0 Å². The van der Waals surface area contributed by atoms with Gasteiger partial charge in [0.25, 0.3) is 0 Å². The van der Waals surface area contributed by atoms with Crippen molar-refractivity contribution in [2.45, 2.75) is 26.3 Å². The van der Waals surface area contributed by atoms with Crippen molar-refractivity contribution in [2.24, 2.45) is 11.7 Å². The van der Waals surface area contributed by atoms with Crippen molar-refractivity contribution in [3.63, 3.8) is 0 Å². The van der Waals surface area contributed by atoms with Gasteiger partial charge in [-0.25, -0.2) is 0 Å². The molecule has 3 N–H and O–H groups in total. The Labute approximate surface area is 114 Å². The van der Waals surface area contributed by atoms with Gasteiger partial charge < -0.3 is 11.1 Å². The van der Waals surface area contributed by atoms with Gasteiger partial charge in [-0.2, -0.15) is 0 Å². The van der Waals surface area contributed by atoms with Gasteiger partial charge in [0.1, 0.15) is 0 Å². The number of nitrogens with two attached hydrogens (primary N) is 1. The third-order valence-corrected chi connectivity index (χ3v) is 3.57. The van der Waals surface area contributed by atoms with Gasteiger partial charge in [-0.15, -0.1) is 0 Å². The standard InChI is InChI=1S/C14H22N4O/c1-2-16-12-3-6-17-13(9-12)10-18-7-4-11(5-8-18)14(15)19/h3,6,9,11H,2,4-5,7-8,10H2,1H3,(H2,15,19)(H,16,17). The maximum absolute atomic E-state index is 11.1. The molecule has 1 amide bonds. The quantitative estimate of drug-likeness (QED) is 0.836. The van der Waals surface area contributed by atoms with Crippen LogP contribution < -0.4 is 11.1 Å². The summed E-state index contributed by atoms with van der Waals surface area (Å²) in [6, 6.07) is 4.07. The highest BCUT2D eigenvalue weighted by molar-refractivity contribution is 5.76. The number of nitrogens with zero attached hydrogens (tertiary/aromatic N) is 2. The first-order chi connectivity index (χ1) is 9.19. The van der Waals surface area contributed by atoms with E-state index in [2.05, 4.69) is 28.2 Å². The first-order valence-corrected chi connectivity index (χ1v) is 6.89. The summed E-state index contributed by atoms with van der Waals surface area (Å²) in [4.78, 5) is 17.8. The Balaban J connectivity index is 1.88. The van der Waals surface area contributed by atoms with Crippen LogP contribution in [0.25, 0.3) is 0 Å². The van der Waals surface area contributed by atoms with Gasteiger partial charge in [0.15, 0.2) is 0 Å². The molecule has 2 rings (SSSR count). The van der Waals surface area contributed by atoms with Gasteiger partial charge in [0, 0.05) is 30.9 Å². The lowest BCUT2D eigenvalue weighted by Crippen LogP contribution is -2.38. The molecular formula is C14H22N4O. The van der Waals surface area contributed by atoms with Crippen LogP contribution in [0.3, 0.4) is 0 Å². The molecule has 5 nitrogen and oxygen atoms in total. The number of pyridine rings is 1. The molecule has 0 aromatic carbocycles. The van der Waals surface area contributed by atoms with Crippen molar-refractivity contribution >= 4 is 11.6 Å². The Morgan fingerprint density at radius 2 is 2.26 bits per heavy atom. The minimum atomic E-state index is -0.160. The number of nitrogens with one attached hydrogen (secondary N) is 1. The van der Waals surface area contributed by atoms with E-state index in [0.29, 0.717) is 0 Å². The van der Waals surface area contributed by atoms with Crippen molar-refractivity contribution in [1.82, 2.24) is 9.88 Å². The van der Waals surface area contributed by atoms with E-state index in [1.54, 1.807) is 0 Å². The number of anilines is 1. The van der Waals surface area contributed by atoms with Crippen molar-refractivity contribution in [1.29, 1.82) is 0 Å². The van der Waals surface area contributed by atoms with Gasteiger partial charge in [0.05, 0.1) is 5.69 Å². The van der Waals surface area contributed by atoms with E-state index in [1.165, 1.54) is 0 Å². The molecule has 5 heteroatoms. The zero-order valence-corrected chi connectivity index (χ0v) is 11.4. The van der Waals surface area contributed by atoms with E-state index >= 15 is 0 Å². The van der Waals surface area contributed by atoms with Crippen molar-refractivity contribution in [3.8, 4) is 0 Å². The summed E-state index contributed by atoms with van der Waals surface area (Å²) < 4.78 is 0. The number of hydrogen-bond donors (Lipinski definition) is 2. The van der Waals surface area contributed by atoms with Gasteiger partial charge >= 0.3 is 0 Å². The summed E-state index contributed by atoms with van der Waals surface area (Å²) in [5, 5.41) is 3.29. The molecule has 0 atom stereocenters. The lowest BCUT2D eigenvalue weighted by molar-refractivity contribution is -0.123. The zero-order chi connectivity index (χ0) is 13.7. The molecule has 1 saturated heterocycles. The Hall–Kier alpha value is -1.62. The van der Waals surface area contributed by atoms with E-state index in [1.807, 2.05) is 12.3 Å². The fourth-order valence-corrected chi connectivity index (χ4v) is 2.48. The Kier molecular flexibility index (Phi) is 4.74. The molecule has 2 heterocycles. The van der Waals surface area contributed by atoms with E-state index in [-0.39, 0.29) is 11.8 Å². The predicted octanol–water partition coefficient (Wildman–Crippen LogP) is 1.21. The molecule has 19 heavy (non-hydrogen) atoms. The number of hydrogen-bond acceptors (Lipinski definition) is 4. The fraction of sp³-hybridized carbons (Fsp3) is 0.571. The van der Waals surface area contributed by atoms with Crippen LogP contribution in [-0.4, -0.2) is 35.4 Å². The van der Waals surface area contributed by atoms with Crippen LogP contribution in [-0.2, 0) is 11.3 Å². The minimum absolute atomic E-state index is 0.0531. The summed E-state index contributed by atoms with van der Waals surface area (Å²) in [7, 11) is 0. The molecule has 1 aromatic heterocycles. The molecule has 1 aliphatic heterocycles. The molecule has 0 bridgehead atoms. The van der Waals surface area contributed by atoms with E-state index in [0.717, 1.165) is 50.4 Å². The van der Waals surface area contributed by atoms with Crippen molar-refractivity contribution in [3.05, 3.63) is 24.0 Å². The maximum atomic E-state index is 11.1. The Morgan fingerprint density at radius 1 is 1.53 bits per heavy atom. The lowest BCUT2D eigenvalue weighted by atomic mass is 9.96. The lowest BCUT2D eigenvalue weighted by Gasteiger charge is -2.30. The van der Waals surface area contributed by atoms with Gasteiger partial charge in [-0.3, -0.25) is 14.7 Å². The second-order valence-corrected chi connectivity index (χ2v) is 5.02. The van der Waals surface area contributed by atoms with Gasteiger partial charge in [-0.1, -0.05) is 0 Å². The monoisotopic (exact) mass is 262 g/mol. The second-order valence-electron chi connectivity index (χ2n) is 5.02. The average Bonchev–Trinajstić information content (AvgIpc) is 2.40. The number of aromatic nitrogens is 1. The average molecular weight is 262 g/mol. The van der Waals surface area contributed by atoms with Crippen LogP contribution in [0, 0.1) is 5.92 Å². The third-order valence-electron chi connectivity index (χ3n) is 3.57. The first kappa shape index (κ1) is 13.8. The molecule has 1 fully saturated rings. The SMILES string of the molecule is CCNc1ccnc(CN2CCC(C(N)=O)CC2)c1. The molecule has 0 radical (unpaired) electrons. The van der Waals surface area contributed by atoms with Gasteiger partial charge in [-0.05, 0) is 45.0 Å². The molecule has 0 spiro atoms. The van der Waals surface area contributed by atoms with Crippen LogP contribution in [0.15, 0.2) is 18.3 Å². The van der Waals surface area contributed by atoms with Crippen LogP contribution >= 0.6 is 0 Å². The van der Waals surface area contributed by atoms with Crippen molar-refractivity contribution < 1.29 is 4.79 Å². The number of piperidine rings is 1. The zero-order valence-electron chi connectivity index (χ0n) is 11.4. The number of amides is 1. The summed E-state index contributed by atoms with van der Waals surface area (Å²) >= 11 is 0. The third kappa shape index (κ3) is 3.92. The van der Waals surface area contributed by atoms with E-state index < -0.39 is 0 Å². The summed E-state index contributed by atoms with van der Waals surface area (Å²) in [6.45, 7) is 5.66. The summed E-state index contributed by atoms with van der Waals surface area (Å²) in [5.74, 6) is -0.107. The largest absolute Gasteiger partial charge is 0.385 e. The highest BCUT2D eigenvalue weighted by atomic mass is 16.1.